The largest absolute Gasteiger partial charge is 0.461 e. The van der Waals surface area contributed by atoms with Crippen LogP contribution in [0.2, 0.25) is 0 Å². The Morgan fingerprint density at radius 2 is 0.758 bits per heavy atom. The van der Waals surface area contributed by atoms with Crippen LogP contribution >= 0.6 is 0 Å². The SMILES string of the molecule is CCCC(CCC)C(=O)OCC(COC(=O)C(CCC)CCC)OC(=O)C(CCC)CCC. The van der Waals surface area contributed by atoms with Crippen LogP contribution in [-0.2, 0) is 28.6 Å². The molecule has 0 aromatic rings. The Kier molecular flexibility index (Phi) is 18.9. The maximum atomic E-state index is 12.8. The summed E-state index contributed by atoms with van der Waals surface area (Å²) in [4.78, 5) is 38.0. The summed E-state index contributed by atoms with van der Waals surface area (Å²) in [6.45, 7) is 12.1. The summed E-state index contributed by atoms with van der Waals surface area (Å²) in [5.74, 6) is -1.31. The molecule has 0 atom stereocenters. The second-order valence-corrected chi connectivity index (χ2v) is 9.14. The van der Waals surface area contributed by atoms with Crippen molar-refractivity contribution in [2.24, 2.45) is 17.8 Å². The highest BCUT2D eigenvalue weighted by molar-refractivity contribution is 5.74. The van der Waals surface area contributed by atoms with Gasteiger partial charge < -0.3 is 14.2 Å². The van der Waals surface area contributed by atoms with Gasteiger partial charge in [0.1, 0.15) is 13.2 Å². The molecule has 0 aliphatic rings. The lowest BCUT2D eigenvalue weighted by Crippen LogP contribution is -2.35. The van der Waals surface area contributed by atoms with Crippen LogP contribution in [0.1, 0.15) is 119 Å². The predicted octanol–water partition coefficient (Wildman–Crippen LogP) is 6.63. The number of carbonyl (C=O) groups excluding carboxylic acids is 3. The molecule has 0 aromatic heterocycles. The van der Waals surface area contributed by atoms with Crippen LogP contribution in [0.4, 0.5) is 0 Å². The molecule has 0 saturated heterocycles. The Hall–Kier alpha value is -1.59. The minimum Gasteiger partial charge on any atom is -0.461 e. The first-order chi connectivity index (χ1) is 15.9. The number of hydrogen-bond acceptors (Lipinski definition) is 6. The molecule has 0 bridgehead atoms. The molecule has 6 nitrogen and oxygen atoms in total. The topological polar surface area (TPSA) is 78.9 Å². The van der Waals surface area contributed by atoms with E-state index in [-0.39, 0.29) is 48.9 Å². The average molecular weight is 471 g/mol. The quantitative estimate of drug-likeness (QED) is 0.147. The first kappa shape index (κ1) is 31.4. The fourth-order valence-corrected chi connectivity index (χ4v) is 4.19. The van der Waals surface area contributed by atoms with Crippen molar-refractivity contribution in [1.82, 2.24) is 0 Å². The molecular weight excluding hydrogens is 420 g/mol. The molecule has 0 saturated carbocycles. The molecule has 0 N–H and O–H groups in total. The van der Waals surface area contributed by atoms with Crippen molar-refractivity contribution < 1.29 is 28.6 Å². The summed E-state index contributed by atoms with van der Waals surface area (Å²) < 4.78 is 16.8. The zero-order chi connectivity index (χ0) is 25.1. The fraction of sp³-hybridized carbons (Fsp3) is 0.889. The Labute approximate surface area is 202 Å². The first-order valence-corrected chi connectivity index (χ1v) is 13.4. The summed E-state index contributed by atoms with van der Waals surface area (Å²) in [6, 6.07) is 0. The van der Waals surface area contributed by atoms with Crippen molar-refractivity contribution in [3.05, 3.63) is 0 Å². The third kappa shape index (κ3) is 13.6. The lowest BCUT2D eigenvalue weighted by Gasteiger charge is -2.23. The van der Waals surface area contributed by atoms with E-state index >= 15 is 0 Å². The van der Waals surface area contributed by atoms with Gasteiger partial charge in [-0.3, -0.25) is 14.4 Å². The molecule has 0 amide bonds. The van der Waals surface area contributed by atoms with Gasteiger partial charge in [-0.2, -0.15) is 0 Å². The molecule has 6 heteroatoms. The fourth-order valence-electron chi connectivity index (χ4n) is 4.19. The van der Waals surface area contributed by atoms with E-state index in [1.807, 2.05) is 41.5 Å². The van der Waals surface area contributed by atoms with Gasteiger partial charge in [-0.1, -0.05) is 80.1 Å². The van der Waals surface area contributed by atoms with Crippen LogP contribution < -0.4 is 0 Å². The van der Waals surface area contributed by atoms with Gasteiger partial charge in [-0.15, -0.1) is 0 Å². The average Bonchev–Trinajstić information content (AvgIpc) is 2.79. The van der Waals surface area contributed by atoms with E-state index in [4.69, 9.17) is 14.2 Å². The van der Waals surface area contributed by atoms with Crippen LogP contribution in [0.25, 0.3) is 0 Å². The zero-order valence-electron chi connectivity index (χ0n) is 22.2. The summed E-state index contributed by atoms with van der Waals surface area (Å²) in [5, 5.41) is 0. The molecule has 0 aromatic carbocycles. The van der Waals surface area contributed by atoms with E-state index < -0.39 is 6.10 Å². The van der Waals surface area contributed by atoms with Crippen molar-refractivity contribution in [3.8, 4) is 0 Å². The molecule has 0 aliphatic carbocycles. The highest BCUT2D eigenvalue weighted by Gasteiger charge is 2.27. The molecule has 0 fully saturated rings. The van der Waals surface area contributed by atoms with Crippen molar-refractivity contribution >= 4 is 17.9 Å². The number of rotatable bonds is 20. The third-order valence-electron chi connectivity index (χ3n) is 5.93. The van der Waals surface area contributed by atoms with E-state index in [1.54, 1.807) is 0 Å². The van der Waals surface area contributed by atoms with Gasteiger partial charge in [0.2, 0.25) is 0 Å². The van der Waals surface area contributed by atoms with Gasteiger partial charge in [0.25, 0.3) is 0 Å². The molecular formula is C27H50O6. The monoisotopic (exact) mass is 470 g/mol. The van der Waals surface area contributed by atoms with Gasteiger partial charge in [0, 0.05) is 0 Å². The summed E-state index contributed by atoms with van der Waals surface area (Å²) in [5.41, 5.74) is 0. The maximum absolute atomic E-state index is 12.8. The predicted molar refractivity (Wildman–Crippen MR) is 132 cm³/mol. The molecule has 0 unspecified atom stereocenters. The van der Waals surface area contributed by atoms with Gasteiger partial charge in [0.05, 0.1) is 17.8 Å². The van der Waals surface area contributed by atoms with E-state index in [0.717, 1.165) is 77.0 Å². The van der Waals surface area contributed by atoms with Crippen molar-refractivity contribution in [2.75, 3.05) is 13.2 Å². The van der Waals surface area contributed by atoms with Crippen LogP contribution in [0.5, 0.6) is 0 Å². The van der Waals surface area contributed by atoms with Crippen LogP contribution in [0.15, 0.2) is 0 Å². The Morgan fingerprint density at radius 1 is 0.485 bits per heavy atom. The van der Waals surface area contributed by atoms with E-state index in [0.29, 0.717) is 0 Å². The Morgan fingerprint density at radius 3 is 1.03 bits per heavy atom. The van der Waals surface area contributed by atoms with E-state index in [1.165, 1.54) is 0 Å². The smallest absolute Gasteiger partial charge is 0.309 e. The molecule has 33 heavy (non-hydrogen) atoms. The lowest BCUT2D eigenvalue weighted by molar-refractivity contribution is -0.172. The van der Waals surface area contributed by atoms with Crippen molar-refractivity contribution in [2.45, 2.75) is 125 Å². The number of ether oxygens (including phenoxy) is 3. The highest BCUT2D eigenvalue weighted by atomic mass is 16.6. The first-order valence-electron chi connectivity index (χ1n) is 13.4. The summed E-state index contributed by atoms with van der Waals surface area (Å²) >= 11 is 0. The van der Waals surface area contributed by atoms with E-state index in [9.17, 15) is 14.4 Å². The maximum Gasteiger partial charge on any atom is 0.309 e. The Balaban J connectivity index is 5.22. The number of esters is 3. The highest BCUT2D eigenvalue weighted by Crippen LogP contribution is 2.19. The second kappa shape index (κ2) is 19.8. The second-order valence-electron chi connectivity index (χ2n) is 9.14. The zero-order valence-corrected chi connectivity index (χ0v) is 22.2. The summed E-state index contributed by atoms with van der Waals surface area (Å²) in [7, 11) is 0. The molecule has 0 spiro atoms. The van der Waals surface area contributed by atoms with E-state index in [2.05, 4.69) is 0 Å². The number of hydrogen-bond donors (Lipinski definition) is 0. The van der Waals surface area contributed by atoms with Crippen LogP contribution in [-0.4, -0.2) is 37.2 Å². The van der Waals surface area contributed by atoms with Gasteiger partial charge in [0.15, 0.2) is 6.10 Å². The minimum absolute atomic E-state index is 0.0844. The normalized spacial score (nSPS) is 11.5. The molecule has 0 radical (unpaired) electrons. The standard InChI is InChI=1S/C27H50O6/c1-7-13-21(14-8-2)25(28)31-19-24(33-27(30)23(17-11-5)18-12-6)20-32-26(29)22(15-9-3)16-10-4/h21-24H,7-20H2,1-6H3. The van der Waals surface area contributed by atoms with Gasteiger partial charge in [-0.25, -0.2) is 0 Å². The number of carbonyl (C=O) groups is 3. The minimum atomic E-state index is -0.783. The van der Waals surface area contributed by atoms with Gasteiger partial charge >= 0.3 is 17.9 Å². The van der Waals surface area contributed by atoms with Crippen molar-refractivity contribution in [3.63, 3.8) is 0 Å². The third-order valence-corrected chi connectivity index (χ3v) is 5.93. The Bertz CT molecular complexity index is 483. The molecule has 0 heterocycles. The van der Waals surface area contributed by atoms with Crippen LogP contribution in [0.3, 0.4) is 0 Å². The van der Waals surface area contributed by atoms with Gasteiger partial charge in [-0.05, 0) is 38.5 Å². The molecule has 0 aliphatic heterocycles. The summed E-state index contributed by atoms with van der Waals surface area (Å²) in [6.07, 6.45) is 9.22. The van der Waals surface area contributed by atoms with Crippen molar-refractivity contribution in [1.29, 1.82) is 0 Å². The van der Waals surface area contributed by atoms with Crippen LogP contribution in [0, 0.1) is 17.8 Å². The molecule has 0 rings (SSSR count). The molecule has 194 valence electrons. The lowest BCUT2D eigenvalue weighted by atomic mass is 9.98.